The molecule has 0 aromatic carbocycles. The van der Waals surface area contributed by atoms with Crippen molar-refractivity contribution in [3.05, 3.63) is 0 Å². The Balaban J connectivity index is 1.82. The number of hydrogen-bond acceptors (Lipinski definition) is 3. The summed E-state index contributed by atoms with van der Waals surface area (Å²) in [5.74, 6) is 0.791. The molecular formula is C14H27NO2. The summed E-state index contributed by atoms with van der Waals surface area (Å²) in [7, 11) is 0. The van der Waals surface area contributed by atoms with Crippen LogP contribution in [0, 0.1) is 11.3 Å². The molecule has 17 heavy (non-hydrogen) atoms. The van der Waals surface area contributed by atoms with E-state index in [4.69, 9.17) is 4.74 Å². The minimum atomic E-state index is 0.0788. The number of aliphatic hydroxyl groups is 1. The van der Waals surface area contributed by atoms with Gasteiger partial charge in [0, 0.05) is 31.2 Å². The molecule has 3 heteroatoms. The van der Waals surface area contributed by atoms with E-state index in [9.17, 15) is 5.11 Å². The average Bonchev–Trinajstić information content (AvgIpc) is 2.39. The molecule has 2 fully saturated rings. The molecule has 0 amide bonds. The maximum absolute atomic E-state index is 9.64. The quantitative estimate of drug-likeness (QED) is 0.790. The Bertz CT molecular complexity index is 226. The van der Waals surface area contributed by atoms with E-state index in [2.05, 4.69) is 12.2 Å². The van der Waals surface area contributed by atoms with Crippen LogP contribution in [-0.4, -0.2) is 37.5 Å². The first-order valence-corrected chi connectivity index (χ1v) is 7.18. The molecule has 2 N–H and O–H groups in total. The zero-order chi connectivity index (χ0) is 12.1. The molecule has 3 nitrogen and oxygen atoms in total. The number of nitrogens with one attached hydrogen (secondary N) is 1. The molecule has 1 aliphatic heterocycles. The Morgan fingerprint density at radius 3 is 2.59 bits per heavy atom. The summed E-state index contributed by atoms with van der Waals surface area (Å²) in [6.07, 6.45) is 7.40. The van der Waals surface area contributed by atoms with Gasteiger partial charge < -0.3 is 15.2 Å². The molecule has 0 spiro atoms. The summed E-state index contributed by atoms with van der Waals surface area (Å²) in [5.41, 5.74) is 0.0788. The molecule has 0 bridgehead atoms. The first kappa shape index (κ1) is 13.3. The van der Waals surface area contributed by atoms with Gasteiger partial charge in [-0.25, -0.2) is 0 Å². The molecule has 100 valence electrons. The lowest BCUT2D eigenvalue weighted by Gasteiger charge is -2.39. The molecule has 0 radical (unpaired) electrons. The second kappa shape index (κ2) is 6.17. The van der Waals surface area contributed by atoms with Crippen molar-refractivity contribution in [3.63, 3.8) is 0 Å². The van der Waals surface area contributed by atoms with Crippen LogP contribution in [0.5, 0.6) is 0 Å². The summed E-state index contributed by atoms with van der Waals surface area (Å²) < 4.78 is 5.40. The second-order valence-corrected chi connectivity index (χ2v) is 6.02. The van der Waals surface area contributed by atoms with Gasteiger partial charge in [-0.2, -0.15) is 0 Å². The predicted molar refractivity (Wildman–Crippen MR) is 69.0 cm³/mol. The highest BCUT2D eigenvalue weighted by atomic mass is 16.5. The largest absolute Gasteiger partial charge is 0.396 e. The van der Waals surface area contributed by atoms with Crippen LogP contribution in [0.1, 0.15) is 45.4 Å². The normalized spacial score (nSPS) is 33.5. The van der Waals surface area contributed by atoms with Crippen molar-refractivity contribution < 1.29 is 9.84 Å². The Hall–Kier alpha value is -0.120. The molecule has 2 aliphatic rings. The molecule has 1 heterocycles. The lowest BCUT2D eigenvalue weighted by molar-refractivity contribution is -0.0179. The van der Waals surface area contributed by atoms with E-state index >= 15 is 0 Å². The SMILES string of the molecule is CC1CCCCC1NCC1(CO)CCOCC1. The van der Waals surface area contributed by atoms with E-state index < -0.39 is 0 Å². The van der Waals surface area contributed by atoms with Crippen LogP contribution >= 0.6 is 0 Å². The maximum atomic E-state index is 9.64. The molecule has 0 aromatic heterocycles. The molecule has 0 aromatic rings. The molecule has 1 saturated carbocycles. The highest BCUT2D eigenvalue weighted by molar-refractivity contribution is 4.87. The van der Waals surface area contributed by atoms with Crippen LogP contribution < -0.4 is 5.32 Å². The van der Waals surface area contributed by atoms with Gasteiger partial charge in [-0.05, 0) is 31.6 Å². The fourth-order valence-corrected chi connectivity index (χ4v) is 3.16. The number of ether oxygens (including phenoxy) is 1. The predicted octanol–water partition coefficient (Wildman–Crippen LogP) is 1.94. The first-order chi connectivity index (χ1) is 8.26. The lowest BCUT2D eigenvalue weighted by Crippen LogP contribution is -2.47. The number of hydrogen-bond donors (Lipinski definition) is 2. The smallest absolute Gasteiger partial charge is 0.0501 e. The van der Waals surface area contributed by atoms with E-state index in [0.717, 1.165) is 38.5 Å². The average molecular weight is 241 g/mol. The van der Waals surface area contributed by atoms with Gasteiger partial charge in [0.25, 0.3) is 0 Å². The van der Waals surface area contributed by atoms with Gasteiger partial charge in [0.2, 0.25) is 0 Å². The third kappa shape index (κ3) is 3.43. The van der Waals surface area contributed by atoms with Gasteiger partial charge >= 0.3 is 0 Å². The zero-order valence-corrected chi connectivity index (χ0v) is 11.1. The zero-order valence-electron chi connectivity index (χ0n) is 11.1. The third-order valence-electron chi connectivity index (χ3n) is 4.74. The van der Waals surface area contributed by atoms with Crippen LogP contribution in [0.25, 0.3) is 0 Å². The topological polar surface area (TPSA) is 41.5 Å². The van der Waals surface area contributed by atoms with Crippen molar-refractivity contribution in [2.24, 2.45) is 11.3 Å². The fourth-order valence-electron chi connectivity index (χ4n) is 3.16. The summed E-state index contributed by atoms with van der Waals surface area (Å²) in [6, 6.07) is 0.662. The summed E-state index contributed by atoms with van der Waals surface area (Å²) in [6.45, 7) is 5.23. The Morgan fingerprint density at radius 1 is 1.24 bits per heavy atom. The molecule has 1 saturated heterocycles. The van der Waals surface area contributed by atoms with Crippen LogP contribution in [0.3, 0.4) is 0 Å². The van der Waals surface area contributed by atoms with E-state index in [1.807, 2.05) is 0 Å². The molecule has 2 rings (SSSR count). The van der Waals surface area contributed by atoms with Gasteiger partial charge in [-0.1, -0.05) is 19.8 Å². The molecule has 2 atom stereocenters. The van der Waals surface area contributed by atoms with Crippen molar-refractivity contribution in [1.82, 2.24) is 5.32 Å². The van der Waals surface area contributed by atoms with Crippen molar-refractivity contribution in [2.75, 3.05) is 26.4 Å². The maximum Gasteiger partial charge on any atom is 0.0501 e. The standard InChI is InChI=1S/C14H27NO2/c1-12-4-2-3-5-13(12)15-10-14(11-16)6-8-17-9-7-14/h12-13,15-16H,2-11H2,1H3. The van der Waals surface area contributed by atoms with E-state index in [0.29, 0.717) is 12.6 Å². The molecule has 2 unspecified atom stereocenters. The highest BCUT2D eigenvalue weighted by Crippen LogP contribution is 2.30. The minimum absolute atomic E-state index is 0.0788. The Morgan fingerprint density at radius 2 is 1.94 bits per heavy atom. The van der Waals surface area contributed by atoms with Gasteiger partial charge in [0.05, 0.1) is 6.61 Å². The van der Waals surface area contributed by atoms with Gasteiger partial charge in [0.1, 0.15) is 0 Å². The van der Waals surface area contributed by atoms with Crippen molar-refractivity contribution in [3.8, 4) is 0 Å². The Labute approximate surface area is 105 Å². The fraction of sp³-hybridized carbons (Fsp3) is 1.00. The van der Waals surface area contributed by atoms with Crippen LogP contribution in [-0.2, 0) is 4.74 Å². The number of rotatable bonds is 4. The van der Waals surface area contributed by atoms with Crippen LogP contribution in [0.15, 0.2) is 0 Å². The highest BCUT2D eigenvalue weighted by Gasteiger charge is 2.33. The van der Waals surface area contributed by atoms with Crippen molar-refractivity contribution >= 4 is 0 Å². The van der Waals surface area contributed by atoms with Crippen LogP contribution in [0.4, 0.5) is 0 Å². The summed E-state index contributed by atoms with van der Waals surface area (Å²) in [4.78, 5) is 0. The third-order valence-corrected chi connectivity index (χ3v) is 4.74. The van der Waals surface area contributed by atoms with E-state index in [-0.39, 0.29) is 5.41 Å². The Kier molecular flexibility index (Phi) is 4.83. The number of aliphatic hydroxyl groups excluding tert-OH is 1. The van der Waals surface area contributed by atoms with Crippen molar-refractivity contribution in [1.29, 1.82) is 0 Å². The molecule has 1 aliphatic carbocycles. The first-order valence-electron chi connectivity index (χ1n) is 7.18. The van der Waals surface area contributed by atoms with Gasteiger partial charge in [-0.3, -0.25) is 0 Å². The van der Waals surface area contributed by atoms with Crippen LogP contribution in [0.2, 0.25) is 0 Å². The lowest BCUT2D eigenvalue weighted by atomic mass is 9.79. The van der Waals surface area contributed by atoms with E-state index in [1.54, 1.807) is 0 Å². The summed E-state index contributed by atoms with van der Waals surface area (Å²) in [5, 5.41) is 13.4. The summed E-state index contributed by atoms with van der Waals surface area (Å²) >= 11 is 0. The monoisotopic (exact) mass is 241 g/mol. The minimum Gasteiger partial charge on any atom is -0.396 e. The van der Waals surface area contributed by atoms with Gasteiger partial charge in [0.15, 0.2) is 0 Å². The van der Waals surface area contributed by atoms with Gasteiger partial charge in [-0.15, -0.1) is 0 Å². The van der Waals surface area contributed by atoms with E-state index in [1.165, 1.54) is 25.7 Å². The molecular weight excluding hydrogens is 214 g/mol. The second-order valence-electron chi connectivity index (χ2n) is 6.02. The van der Waals surface area contributed by atoms with Crippen molar-refractivity contribution in [2.45, 2.75) is 51.5 Å².